The van der Waals surface area contributed by atoms with Gasteiger partial charge in [-0.3, -0.25) is 9.59 Å². The number of nitrogens with zero attached hydrogens (tertiary/aromatic N) is 2. The smallest absolute Gasteiger partial charge is 0.308 e. The van der Waals surface area contributed by atoms with Crippen LogP contribution in [0.25, 0.3) is 0 Å². The average molecular weight is 326 g/mol. The third-order valence-corrected chi connectivity index (χ3v) is 5.21. The van der Waals surface area contributed by atoms with Gasteiger partial charge in [0.25, 0.3) is 5.91 Å². The molecule has 122 valence electrons. The van der Waals surface area contributed by atoms with Gasteiger partial charge in [0.05, 0.1) is 12.1 Å². The quantitative estimate of drug-likeness (QED) is 0.899. The number of amides is 1. The lowest BCUT2D eigenvalue weighted by atomic mass is 9.90. The van der Waals surface area contributed by atoms with Crippen LogP contribution < -0.4 is 0 Å². The molecule has 0 bridgehead atoms. The number of carbonyl (C=O) groups is 2. The van der Waals surface area contributed by atoms with Gasteiger partial charge in [-0.25, -0.2) is 4.98 Å². The van der Waals surface area contributed by atoms with Gasteiger partial charge in [0, 0.05) is 19.2 Å². The first kappa shape index (κ1) is 16.9. The summed E-state index contributed by atoms with van der Waals surface area (Å²) in [6.45, 7) is 6.81. The summed E-state index contributed by atoms with van der Waals surface area (Å²) in [6, 6.07) is -0.298. The second kappa shape index (κ2) is 7.19. The van der Waals surface area contributed by atoms with Crippen molar-refractivity contribution in [2.24, 2.45) is 5.92 Å². The third kappa shape index (κ3) is 3.47. The monoisotopic (exact) mass is 326 g/mol. The van der Waals surface area contributed by atoms with E-state index >= 15 is 0 Å². The van der Waals surface area contributed by atoms with Crippen LogP contribution in [0.15, 0.2) is 6.20 Å². The van der Waals surface area contributed by atoms with E-state index in [1.807, 2.05) is 13.8 Å². The molecule has 0 radical (unpaired) electrons. The molecule has 0 saturated carbocycles. The minimum Gasteiger partial charge on any atom is -0.481 e. The number of aromatic nitrogens is 1. The molecule has 1 aliphatic heterocycles. The lowest BCUT2D eigenvalue weighted by Gasteiger charge is -2.37. The van der Waals surface area contributed by atoms with Crippen LogP contribution in [0.5, 0.6) is 0 Å². The highest BCUT2D eigenvalue weighted by atomic mass is 32.1. The Labute approximate surface area is 134 Å². The number of carboxylic acids is 1. The molecular formula is C15H22N2O4S. The van der Waals surface area contributed by atoms with Gasteiger partial charge in [0.1, 0.15) is 16.0 Å². The van der Waals surface area contributed by atoms with Crippen molar-refractivity contribution in [2.75, 3.05) is 13.2 Å². The predicted octanol–water partition coefficient (Wildman–Crippen LogP) is 2.57. The van der Waals surface area contributed by atoms with Crippen molar-refractivity contribution >= 4 is 23.2 Å². The summed E-state index contributed by atoms with van der Waals surface area (Å²) in [4.78, 5) is 30.4. The molecule has 1 amide bonds. The highest BCUT2D eigenvalue weighted by molar-refractivity contribution is 7.13. The zero-order valence-corrected chi connectivity index (χ0v) is 13.9. The van der Waals surface area contributed by atoms with Gasteiger partial charge >= 0.3 is 5.97 Å². The maximum Gasteiger partial charge on any atom is 0.308 e. The van der Waals surface area contributed by atoms with Gasteiger partial charge in [-0.2, -0.15) is 0 Å². The predicted molar refractivity (Wildman–Crippen MR) is 83.0 cm³/mol. The fourth-order valence-corrected chi connectivity index (χ4v) is 3.67. The fourth-order valence-electron chi connectivity index (χ4n) is 2.80. The Hall–Kier alpha value is -1.47. The number of thiazole rings is 1. The normalized spacial score (nSPS) is 23.3. The molecule has 0 spiro atoms. The lowest BCUT2D eigenvalue weighted by molar-refractivity contribution is -0.144. The lowest BCUT2D eigenvalue weighted by Crippen LogP contribution is -2.48. The van der Waals surface area contributed by atoms with E-state index in [4.69, 9.17) is 4.74 Å². The van der Waals surface area contributed by atoms with Crippen LogP contribution >= 0.6 is 11.3 Å². The van der Waals surface area contributed by atoms with Crippen molar-refractivity contribution in [3.8, 4) is 0 Å². The molecule has 6 nitrogen and oxygen atoms in total. The van der Waals surface area contributed by atoms with Gasteiger partial charge in [-0.05, 0) is 33.6 Å². The van der Waals surface area contributed by atoms with Crippen LogP contribution in [0.2, 0.25) is 0 Å². The zero-order valence-electron chi connectivity index (χ0n) is 13.1. The van der Waals surface area contributed by atoms with Crippen molar-refractivity contribution in [2.45, 2.75) is 45.8 Å². The molecule has 1 saturated heterocycles. The SMILES string of the molecule is CCOC(C)c1ncc(C(=O)N2CCC[C@H](C(=O)O)[C@@H]2C)s1. The van der Waals surface area contributed by atoms with Crippen LogP contribution in [-0.4, -0.2) is 46.1 Å². The molecule has 1 fully saturated rings. The number of carbonyl (C=O) groups excluding carboxylic acids is 1. The molecule has 1 aromatic heterocycles. The molecule has 2 rings (SSSR count). The van der Waals surface area contributed by atoms with Crippen LogP contribution in [-0.2, 0) is 9.53 Å². The van der Waals surface area contributed by atoms with E-state index in [9.17, 15) is 14.7 Å². The Bertz CT molecular complexity index is 545. The van der Waals surface area contributed by atoms with Gasteiger partial charge in [0.15, 0.2) is 0 Å². The van der Waals surface area contributed by atoms with Gasteiger partial charge in [-0.15, -0.1) is 11.3 Å². The van der Waals surface area contributed by atoms with Gasteiger partial charge in [-0.1, -0.05) is 0 Å². The van der Waals surface area contributed by atoms with Gasteiger partial charge in [0.2, 0.25) is 0 Å². The van der Waals surface area contributed by atoms with E-state index in [2.05, 4.69) is 4.98 Å². The Morgan fingerprint density at radius 1 is 1.59 bits per heavy atom. The third-order valence-electron chi connectivity index (χ3n) is 4.06. The van der Waals surface area contributed by atoms with E-state index in [1.54, 1.807) is 18.0 Å². The molecule has 7 heteroatoms. The maximum atomic E-state index is 12.6. The van der Waals surface area contributed by atoms with Crippen molar-refractivity contribution in [3.05, 3.63) is 16.1 Å². The maximum absolute atomic E-state index is 12.6. The Morgan fingerprint density at radius 2 is 2.32 bits per heavy atom. The van der Waals surface area contributed by atoms with Gasteiger partial charge < -0.3 is 14.7 Å². The number of hydrogen-bond acceptors (Lipinski definition) is 5. The molecule has 0 aliphatic carbocycles. The fraction of sp³-hybridized carbons (Fsp3) is 0.667. The Morgan fingerprint density at radius 3 is 2.95 bits per heavy atom. The summed E-state index contributed by atoms with van der Waals surface area (Å²) in [5, 5.41) is 10.0. The largest absolute Gasteiger partial charge is 0.481 e. The van der Waals surface area contributed by atoms with Crippen molar-refractivity contribution in [1.82, 2.24) is 9.88 Å². The summed E-state index contributed by atoms with van der Waals surface area (Å²) in [5.74, 6) is -1.46. The second-order valence-electron chi connectivity index (χ2n) is 5.49. The average Bonchev–Trinajstić information content (AvgIpc) is 2.96. The first-order valence-electron chi connectivity index (χ1n) is 7.56. The first-order chi connectivity index (χ1) is 10.5. The molecule has 0 aromatic carbocycles. The van der Waals surface area contributed by atoms with E-state index in [-0.39, 0.29) is 18.1 Å². The number of ether oxygens (including phenoxy) is 1. The summed E-state index contributed by atoms with van der Waals surface area (Å²) in [7, 11) is 0. The highest BCUT2D eigenvalue weighted by Crippen LogP contribution is 2.28. The van der Waals surface area contributed by atoms with Crippen molar-refractivity contribution in [3.63, 3.8) is 0 Å². The molecule has 2 heterocycles. The number of carboxylic acid groups (broad SMARTS) is 1. The standard InChI is InChI=1S/C15H22N2O4S/c1-4-21-10(3)13-16-8-12(22-13)14(18)17-7-5-6-11(9(17)2)15(19)20/h8-11H,4-7H2,1-3H3,(H,19,20)/t9-,10?,11-/m0/s1. The second-order valence-corrected chi connectivity index (χ2v) is 6.55. The van der Waals surface area contributed by atoms with E-state index in [1.165, 1.54) is 11.3 Å². The number of rotatable bonds is 5. The summed E-state index contributed by atoms with van der Waals surface area (Å²) in [6.07, 6.45) is 2.76. The minimum atomic E-state index is -0.833. The number of likely N-dealkylation sites (tertiary alicyclic amines) is 1. The Balaban J connectivity index is 2.12. The van der Waals surface area contributed by atoms with Crippen LogP contribution in [0.4, 0.5) is 0 Å². The van der Waals surface area contributed by atoms with Crippen molar-refractivity contribution in [1.29, 1.82) is 0 Å². The first-order valence-corrected chi connectivity index (χ1v) is 8.38. The highest BCUT2D eigenvalue weighted by Gasteiger charge is 2.36. The molecular weight excluding hydrogens is 304 g/mol. The van der Waals surface area contributed by atoms with Crippen molar-refractivity contribution < 1.29 is 19.4 Å². The molecule has 1 N–H and O–H groups in total. The molecule has 3 atom stereocenters. The van der Waals surface area contributed by atoms with Crippen LogP contribution in [0, 0.1) is 5.92 Å². The molecule has 1 aromatic rings. The van der Waals surface area contributed by atoms with E-state index in [0.29, 0.717) is 30.9 Å². The van der Waals surface area contributed by atoms with E-state index < -0.39 is 11.9 Å². The van der Waals surface area contributed by atoms with Crippen LogP contribution in [0.3, 0.4) is 0 Å². The Kier molecular flexibility index (Phi) is 5.52. The molecule has 1 unspecified atom stereocenters. The molecule has 1 aliphatic rings. The number of piperidine rings is 1. The zero-order chi connectivity index (χ0) is 16.3. The van der Waals surface area contributed by atoms with E-state index in [0.717, 1.165) is 5.01 Å². The number of aliphatic carboxylic acids is 1. The topological polar surface area (TPSA) is 79.7 Å². The summed E-state index contributed by atoms with van der Waals surface area (Å²) >= 11 is 1.32. The summed E-state index contributed by atoms with van der Waals surface area (Å²) < 4.78 is 5.48. The van der Waals surface area contributed by atoms with Crippen LogP contribution in [0.1, 0.15) is 54.4 Å². The summed E-state index contributed by atoms with van der Waals surface area (Å²) in [5.41, 5.74) is 0. The molecule has 22 heavy (non-hydrogen) atoms. The number of hydrogen-bond donors (Lipinski definition) is 1. The minimum absolute atomic E-state index is 0.133.